The fraction of sp³-hybridized carbons (Fsp3) is 0.923. The van der Waals surface area contributed by atoms with Crippen LogP contribution in [-0.4, -0.2) is 35.9 Å². The minimum Gasteiger partial charge on any atom is -0.388 e. The van der Waals surface area contributed by atoms with Crippen molar-refractivity contribution >= 4 is 5.91 Å². The molecule has 102 valence electrons. The molecule has 0 saturated heterocycles. The van der Waals surface area contributed by atoms with Gasteiger partial charge in [0.05, 0.1) is 5.60 Å². The summed E-state index contributed by atoms with van der Waals surface area (Å²) in [5, 5.41) is 12.7. The molecule has 0 aliphatic carbocycles. The molecule has 0 heterocycles. The van der Waals surface area contributed by atoms with Crippen molar-refractivity contribution in [2.75, 3.05) is 13.2 Å². The Hall–Kier alpha value is -0.610. The molecular weight excluding hydrogens is 218 g/mol. The van der Waals surface area contributed by atoms with Crippen LogP contribution in [-0.2, 0) is 9.53 Å². The average Bonchev–Trinajstić information content (AvgIpc) is 2.26. The lowest BCUT2D eigenvalue weighted by molar-refractivity contribution is -0.133. The van der Waals surface area contributed by atoms with Crippen molar-refractivity contribution in [3.8, 4) is 0 Å². The summed E-state index contributed by atoms with van der Waals surface area (Å²) in [4.78, 5) is 11.7. The number of hydrogen-bond acceptors (Lipinski definition) is 3. The molecule has 4 nitrogen and oxygen atoms in total. The Balaban J connectivity index is 3.93. The van der Waals surface area contributed by atoms with E-state index < -0.39 is 11.7 Å². The van der Waals surface area contributed by atoms with E-state index in [4.69, 9.17) is 4.74 Å². The van der Waals surface area contributed by atoms with E-state index in [-0.39, 0.29) is 18.4 Å². The SMILES string of the molecule is CCCCOC(C)C(=O)NCC(C)(O)C(C)C. The lowest BCUT2D eigenvalue weighted by Crippen LogP contribution is -2.47. The van der Waals surface area contributed by atoms with Gasteiger partial charge in [0.15, 0.2) is 0 Å². The van der Waals surface area contributed by atoms with E-state index in [0.717, 1.165) is 12.8 Å². The minimum absolute atomic E-state index is 0.0964. The van der Waals surface area contributed by atoms with Gasteiger partial charge in [-0.2, -0.15) is 0 Å². The van der Waals surface area contributed by atoms with Crippen LogP contribution < -0.4 is 5.32 Å². The van der Waals surface area contributed by atoms with Gasteiger partial charge in [-0.25, -0.2) is 0 Å². The standard InChI is InChI=1S/C13H27NO3/c1-6-7-8-17-11(4)12(15)14-9-13(5,16)10(2)3/h10-11,16H,6-9H2,1-5H3,(H,14,15). The monoisotopic (exact) mass is 245 g/mol. The highest BCUT2D eigenvalue weighted by molar-refractivity contribution is 5.80. The highest BCUT2D eigenvalue weighted by Crippen LogP contribution is 2.14. The second kappa shape index (κ2) is 7.67. The van der Waals surface area contributed by atoms with Gasteiger partial charge < -0.3 is 15.2 Å². The number of hydrogen-bond donors (Lipinski definition) is 2. The van der Waals surface area contributed by atoms with Crippen LogP contribution in [0.25, 0.3) is 0 Å². The highest BCUT2D eigenvalue weighted by Gasteiger charge is 2.26. The predicted molar refractivity (Wildman–Crippen MR) is 68.8 cm³/mol. The summed E-state index contributed by atoms with van der Waals surface area (Å²) in [5.41, 5.74) is -0.876. The second-order valence-electron chi connectivity index (χ2n) is 5.10. The lowest BCUT2D eigenvalue weighted by atomic mass is 9.92. The van der Waals surface area contributed by atoms with Gasteiger partial charge in [-0.05, 0) is 26.2 Å². The van der Waals surface area contributed by atoms with Crippen LogP contribution >= 0.6 is 0 Å². The van der Waals surface area contributed by atoms with Crippen LogP contribution in [0.2, 0.25) is 0 Å². The molecule has 0 aromatic carbocycles. The zero-order valence-corrected chi connectivity index (χ0v) is 11.7. The number of ether oxygens (including phenoxy) is 1. The van der Waals surface area contributed by atoms with Gasteiger partial charge >= 0.3 is 0 Å². The highest BCUT2D eigenvalue weighted by atomic mass is 16.5. The van der Waals surface area contributed by atoms with E-state index in [0.29, 0.717) is 6.61 Å². The number of rotatable bonds is 8. The largest absolute Gasteiger partial charge is 0.388 e. The molecular formula is C13H27NO3. The van der Waals surface area contributed by atoms with Crippen LogP contribution in [0.5, 0.6) is 0 Å². The Morgan fingerprint density at radius 3 is 2.47 bits per heavy atom. The zero-order valence-electron chi connectivity index (χ0n) is 11.7. The summed E-state index contributed by atoms with van der Waals surface area (Å²) in [7, 11) is 0. The molecule has 0 radical (unpaired) electrons. The van der Waals surface area contributed by atoms with Gasteiger partial charge in [0.1, 0.15) is 6.10 Å². The smallest absolute Gasteiger partial charge is 0.248 e. The first-order chi connectivity index (χ1) is 7.81. The summed E-state index contributed by atoms with van der Waals surface area (Å²) in [5.74, 6) is -0.0684. The molecule has 0 aliphatic heterocycles. The van der Waals surface area contributed by atoms with Gasteiger partial charge in [0.25, 0.3) is 0 Å². The third kappa shape index (κ3) is 6.64. The normalized spacial score (nSPS) is 16.6. The Labute approximate surface area is 105 Å². The van der Waals surface area contributed by atoms with Crippen molar-refractivity contribution in [1.82, 2.24) is 5.32 Å². The topological polar surface area (TPSA) is 58.6 Å². The van der Waals surface area contributed by atoms with Crippen LogP contribution in [0, 0.1) is 5.92 Å². The predicted octanol–water partition coefficient (Wildman–Crippen LogP) is 1.71. The fourth-order valence-corrected chi connectivity index (χ4v) is 1.09. The van der Waals surface area contributed by atoms with Gasteiger partial charge in [-0.3, -0.25) is 4.79 Å². The minimum atomic E-state index is -0.876. The van der Waals surface area contributed by atoms with Crippen molar-refractivity contribution < 1.29 is 14.6 Å². The number of carbonyl (C=O) groups excluding carboxylic acids is 1. The van der Waals surface area contributed by atoms with Crippen molar-refractivity contribution in [1.29, 1.82) is 0 Å². The van der Waals surface area contributed by atoms with Gasteiger partial charge in [-0.1, -0.05) is 27.2 Å². The van der Waals surface area contributed by atoms with Crippen molar-refractivity contribution in [3.05, 3.63) is 0 Å². The number of carbonyl (C=O) groups is 1. The van der Waals surface area contributed by atoms with Crippen LogP contribution in [0.15, 0.2) is 0 Å². The average molecular weight is 245 g/mol. The molecule has 1 amide bonds. The maximum atomic E-state index is 11.7. The second-order valence-corrected chi connectivity index (χ2v) is 5.10. The molecule has 0 aromatic heterocycles. The molecule has 4 heteroatoms. The number of nitrogens with one attached hydrogen (secondary N) is 1. The zero-order chi connectivity index (χ0) is 13.5. The Morgan fingerprint density at radius 2 is 2.00 bits per heavy atom. The summed E-state index contributed by atoms with van der Waals surface area (Å²) in [6.07, 6.45) is 1.56. The van der Waals surface area contributed by atoms with E-state index in [2.05, 4.69) is 12.2 Å². The number of aliphatic hydroxyl groups is 1. The van der Waals surface area contributed by atoms with E-state index in [9.17, 15) is 9.90 Å². The van der Waals surface area contributed by atoms with Crippen LogP contribution in [0.4, 0.5) is 0 Å². The molecule has 2 atom stereocenters. The van der Waals surface area contributed by atoms with Crippen LogP contribution in [0.3, 0.4) is 0 Å². The molecule has 0 fully saturated rings. The molecule has 17 heavy (non-hydrogen) atoms. The maximum Gasteiger partial charge on any atom is 0.248 e. The summed E-state index contributed by atoms with van der Waals surface area (Å²) >= 11 is 0. The third-order valence-corrected chi connectivity index (χ3v) is 3.10. The number of amides is 1. The lowest BCUT2D eigenvalue weighted by Gasteiger charge is -2.28. The summed E-state index contributed by atoms with van der Waals surface area (Å²) in [6, 6.07) is 0. The molecule has 0 rings (SSSR count). The first kappa shape index (κ1) is 16.4. The van der Waals surface area contributed by atoms with Crippen molar-refractivity contribution in [2.45, 2.75) is 59.2 Å². The maximum absolute atomic E-state index is 11.7. The quantitative estimate of drug-likeness (QED) is 0.640. The van der Waals surface area contributed by atoms with Gasteiger partial charge in [-0.15, -0.1) is 0 Å². The first-order valence-corrected chi connectivity index (χ1v) is 6.43. The molecule has 2 unspecified atom stereocenters. The van der Waals surface area contributed by atoms with Gasteiger partial charge in [0.2, 0.25) is 5.91 Å². The fourth-order valence-electron chi connectivity index (χ4n) is 1.09. The summed E-state index contributed by atoms with van der Waals surface area (Å²) in [6.45, 7) is 10.2. The Bertz CT molecular complexity index is 227. The van der Waals surface area contributed by atoms with E-state index in [1.807, 2.05) is 13.8 Å². The molecule has 2 N–H and O–H groups in total. The Morgan fingerprint density at radius 1 is 1.41 bits per heavy atom. The first-order valence-electron chi connectivity index (χ1n) is 6.43. The summed E-state index contributed by atoms with van der Waals surface area (Å²) < 4.78 is 5.38. The van der Waals surface area contributed by atoms with E-state index in [1.54, 1.807) is 13.8 Å². The Kier molecular flexibility index (Phi) is 7.39. The number of unbranched alkanes of at least 4 members (excludes halogenated alkanes) is 1. The van der Waals surface area contributed by atoms with Crippen molar-refractivity contribution in [3.63, 3.8) is 0 Å². The molecule has 0 spiro atoms. The molecule has 0 bridgehead atoms. The van der Waals surface area contributed by atoms with Crippen LogP contribution in [0.1, 0.15) is 47.5 Å². The van der Waals surface area contributed by atoms with Crippen molar-refractivity contribution in [2.24, 2.45) is 5.92 Å². The molecule has 0 saturated carbocycles. The molecule has 0 aromatic rings. The van der Waals surface area contributed by atoms with E-state index >= 15 is 0 Å². The van der Waals surface area contributed by atoms with Gasteiger partial charge in [0, 0.05) is 13.2 Å². The molecule has 0 aliphatic rings. The third-order valence-electron chi connectivity index (χ3n) is 3.10. The van der Waals surface area contributed by atoms with E-state index in [1.165, 1.54) is 0 Å².